The summed E-state index contributed by atoms with van der Waals surface area (Å²) in [6, 6.07) is 5.95. The minimum atomic E-state index is -0.935. The molecule has 104 valence electrons. The molecular formula is C15H22N2O2. The Morgan fingerprint density at radius 2 is 2.11 bits per heavy atom. The van der Waals surface area contributed by atoms with Crippen LogP contribution in [0.2, 0.25) is 0 Å². The van der Waals surface area contributed by atoms with E-state index in [1.807, 2.05) is 12.1 Å². The van der Waals surface area contributed by atoms with Gasteiger partial charge in [0.15, 0.2) is 0 Å². The van der Waals surface area contributed by atoms with Crippen LogP contribution in [-0.2, 0) is 6.54 Å². The lowest BCUT2D eigenvalue weighted by Crippen LogP contribution is -2.33. The molecule has 1 aromatic rings. The molecule has 0 unspecified atom stereocenters. The van der Waals surface area contributed by atoms with Gasteiger partial charge in [-0.3, -0.25) is 4.90 Å². The summed E-state index contributed by atoms with van der Waals surface area (Å²) < 4.78 is 0. The normalized spacial score (nSPS) is 16.1. The number of carboxylic acid groups (broad SMARTS) is 1. The van der Waals surface area contributed by atoms with Crippen molar-refractivity contribution in [3.8, 4) is 0 Å². The topological polar surface area (TPSA) is 66.6 Å². The van der Waals surface area contributed by atoms with E-state index in [1.165, 1.54) is 25.7 Å². The standard InChI is InChI=1S/C15H22N2O2/c1-2-17(12-7-3-4-8-12)10-11-6-5-9-13(16)14(11)15(18)19/h5-6,9,12H,2-4,7-8,10,16H2,1H3,(H,18,19). The molecule has 0 atom stereocenters. The van der Waals surface area contributed by atoms with E-state index in [9.17, 15) is 9.90 Å². The molecule has 1 fully saturated rings. The second kappa shape index (κ2) is 6.06. The summed E-state index contributed by atoms with van der Waals surface area (Å²) in [7, 11) is 0. The van der Waals surface area contributed by atoms with Gasteiger partial charge < -0.3 is 10.8 Å². The number of aromatic carboxylic acids is 1. The monoisotopic (exact) mass is 262 g/mol. The first-order valence-electron chi connectivity index (χ1n) is 6.98. The number of nitrogens with two attached hydrogens (primary N) is 1. The van der Waals surface area contributed by atoms with Gasteiger partial charge in [-0.1, -0.05) is 31.9 Å². The molecule has 4 nitrogen and oxygen atoms in total. The first-order chi connectivity index (χ1) is 9.13. The second-order valence-electron chi connectivity index (χ2n) is 5.19. The van der Waals surface area contributed by atoms with Crippen LogP contribution in [0.4, 0.5) is 5.69 Å². The van der Waals surface area contributed by atoms with Gasteiger partial charge in [0.1, 0.15) is 0 Å². The molecule has 19 heavy (non-hydrogen) atoms. The highest BCUT2D eigenvalue weighted by Crippen LogP contribution is 2.26. The largest absolute Gasteiger partial charge is 0.478 e. The van der Waals surface area contributed by atoms with Crippen molar-refractivity contribution >= 4 is 11.7 Å². The average molecular weight is 262 g/mol. The smallest absolute Gasteiger partial charge is 0.338 e. The summed E-state index contributed by atoms with van der Waals surface area (Å²) in [5.41, 5.74) is 7.23. The van der Waals surface area contributed by atoms with Crippen molar-refractivity contribution in [1.82, 2.24) is 4.90 Å². The van der Waals surface area contributed by atoms with Crippen molar-refractivity contribution in [3.05, 3.63) is 29.3 Å². The van der Waals surface area contributed by atoms with Gasteiger partial charge in [-0.15, -0.1) is 0 Å². The number of carbonyl (C=O) groups is 1. The van der Waals surface area contributed by atoms with E-state index in [2.05, 4.69) is 11.8 Å². The minimum Gasteiger partial charge on any atom is -0.478 e. The zero-order valence-electron chi connectivity index (χ0n) is 11.4. The van der Waals surface area contributed by atoms with Crippen LogP contribution in [0.5, 0.6) is 0 Å². The molecule has 0 heterocycles. The molecule has 0 saturated heterocycles. The number of hydrogen-bond acceptors (Lipinski definition) is 3. The molecule has 3 N–H and O–H groups in total. The third-order valence-corrected chi connectivity index (χ3v) is 4.02. The van der Waals surface area contributed by atoms with E-state index in [0.29, 0.717) is 18.3 Å². The third-order valence-electron chi connectivity index (χ3n) is 4.02. The second-order valence-corrected chi connectivity index (χ2v) is 5.19. The van der Waals surface area contributed by atoms with Crippen molar-refractivity contribution < 1.29 is 9.90 Å². The number of hydrogen-bond donors (Lipinski definition) is 2. The highest BCUT2D eigenvalue weighted by atomic mass is 16.4. The van der Waals surface area contributed by atoms with Crippen LogP contribution < -0.4 is 5.73 Å². The lowest BCUT2D eigenvalue weighted by Gasteiger charge is -2.28. The summed E-state index contributed by atoms with van der Waals surface area (Å²) in [4.78, 5) is 13.7. The van der Waals surface area contributed by atoms with E-state index in [0.717, 1.165) is 12.1 Å². The molecule has 0 spiro atoms. The minimum absolute atomic E-state index is 0.263. The van der Waals surface area contributed by atoms with Gasteiger partial charge >= 0.3 is 5.97 Å². The Hall–Kier alpha value is -1.55. The molecule has 1 aromatic carbocycles. The van der Waals surface area contributed by atoms with E-state index < -0.39 is 5.97 Å². The van der Waals surface area contributed by atoms with E-state index in [4.69, 9.17) is 5.73 Å². The SMILES string of the molecule is CCN(Cc1cccc(N)c1C(=O)O)C1CCCC1. The van der Waals surface area contributed by atoms with Gasteiger partial charge in [0.05, 0.1) is 5.56 Å². The molecule has 1 aliphatic rings. The fraction of sp³-hybridized carbons (Fsp3) is 0.533. The van der Waals surface area contributed by atoms with Crippen molar-refractivity contribution in [3.63, 3.8) is 0 Å². The number of rotatable bonds is 5. The maximum Gasteiger partial charge on any atom is 0.338 e. The number of benzene rings is 1. The number of nitrogens with zero attached hydrogens (tertiary/aromatic N) is 1. The molecular weight excluding hydrogens is 240 g/mol. The molecule has 1 aliphatic carbocycles. The number of anilines is 1. The van der Waals surface area contributed by atoms with Gasteiger partial charge in [-0.05, 0) is 31.0 Å². The Kier molecular flexibility index (Phi) is 4.43. The highest BCUT2D eigenvalue weighted by Gasteiger charge is 2.23. The first-order valence-corrected chi connectivity index (χ1v) is 6.98. The molecule has 0 radical (unpaired) electrons. The van der Waals surface area contributed by atoms with Gasteiger partial charge in [0, 0.05) is 18.3 Å². The van der Waals surface area contributed by atoms with Crippen LogP contribution >= 0.6 is 0 Å². The summed E-state index contributed by atoms with van der Waals surface area (Å²) >= 11 is 0. The Bertz CT molecular complexity index is 453. The molecule has 0 aromatic heterocycles. The van der Waals surface area contributed by atoms with Crippen LogP contribution in [0.3, 0.4) is 0 Å². The molecule has 0 amide bonds. The fourth-order valence-electron chi connectivity index (χ4n) is 3.00. The molecule has 4 heteroatoms. The lowest BCUT2D eigenvalue weighted by molar-refractivity contribution is 0.0695. The van der Waals surface area contributed by atoms with Crippen LogP contribution in [0.1, 0.15) is 48.5 Å². The molecule has 0 aliphatic heterocycles. The molecule has 0 bridgehead atoms. The Morgan fingerprint density at radius 3 is 2.68 bits per heavy atom. The van der Waals surface area contributed by atoms with Crippen LogP contribution in [0, 0.1) is 0 Å². The first kappa shape index (κ1) is 13.9. The Balaban J connectivity index is 2.21. The van der Waals surface area contributed by atoms with Crippen molar-refractivity contribution in [2.24, 2.45) is 0 Å². The van der Waals surface area contributed by atoms with Gasteiger partial charge in [-0.2, -0.15) is 0 Å². The van der Waals surface area contributed by atoms with Gasteiger partial charge in [-0.25, -0.2) is 4.79 Å². The average Bonchev–Trinajstić information content (AvgIpc) is 2.89. The maximum atomic E-state index is 11.3. The summed E-state index contributed by atoms with van der Waals surface area (Å²) in [5, 5.41) is 9.30. The van der Waals surface area contributed by atoms with Gasteiger partial charge in [0.25, 0.3) is 0 Å². The molecule has 1 saturated carbocycles. The van der Waals surface area contributed by atoms with E-state index in [1.54, 1.807) is 6.07 Å². The van der Waals surface area contributed by atoms with Gasteiger partial charge in [0.2, 0.25) is 0 Å². The molecule has 2 rings (SSSR count). The summed E-state index contributed by atoms with van der Waals surface area (Å²) in [6.07, 6.45) is 5.00. The predicted molar refractivity (Wildman–Crippen MR) is 76.2 cm³/mol. The maximum absolute atomic E-state index is 11.3. The highest BCUT2D eigenvalue weighted by molar-refractivity contribution is 5.95. The van der Waals surface area contributed by atoms with Crippen molar-refractivity contribution in [1.29, 1.82) is 0 Å². The van der Waals surface area contributed by atoms with Crippen molar-refractivity contribution in [2.45, 2.75) is 45.2 Å². The van der Waals surface area contributed by atoms with E-state index in [-0.39, 0.29) is 5.56 Å². The number of nitrogen functional groups attached to an aromatic ring is 1. The zero-order chi connectivity index (χ0) is 13.8. The van der Waals surface area contributed by atoms with Crippen molar-refractivity contribution in [2.75, 3.05) is 12.3 Å². The number of carboxylic acids is 1. The summed E-state index contributed by atoms with van der Waals surface area (Å²) in [5.74, 6) is -0.935. The fourth-order valence-corrected chi connectivity index (χ4v) is 3.00. The van der Waals surface area contributed by atoms with Crippen LogP contribution in [0.25, 0.3) is 0 Å². The summed E-state index contributed by atoms with van der Waals surface area (Å²) in [6.45, 7) is 3.75. The Morgan fingerprint density at radius 1 is 1.42 bits per heavy atom. The predicted octanol–water partition coefficient (Wildman–Crippen LogP) is 2.73. The zero-order valence-corrected chi connectivity index (χ0v) is 11.4. The Labute approximate surface area is 114 Å². The van der Waals surface area contributed by atoms with Crippen LogP contribution in [-0.4, -0.2) is 28.6 Å². The third kappa shape index (κ3) is 3.07. The van der Waals surface area contributed by atoms with Crippen LogP contribution in [0.15, 0.2) is 18.2 Å². The quantitative estimate of drug-likeness (QED) is 0.801. The lowest BCUT2D eigenvalue weighted by atomic mass is 10.0. The van der Waals surface area contributed by atoms with E-state index >= 15 is 0 Å².